The Labute approximate surface area is 137 Å². The van der Waals surface area contributed by atoms with Crippen molar-refractivity contribution in [1.82, 2.24) is 20.2 Å². The van der Waals surface area contributed by atoms with E-state index in [0.717, 1.165) is 15.9 Å². The van der Waals surface area contributed by atoms with E-state index in [0.29, 0.717) is 11.2 Å². The molecule has 1 aliphatic rings. The highest BCUT2D eigenvalue weighted by atomic mass is 35.5. The molecule has 110 valence electrons. The molecule has 2 aromatic rings. The molecule has 1 aromatic carbocycles. The maximum Gasteiger partial charge on any atom is 0.210 e. The van der Waals surface area contributed by atoms with Crippen molar-refractivity contribution in [2.45, 2.75) is 29.8 Å². The van der Waals surface area contributed by atoms with Crippen molar-refractivity contribution in [2.75, 3.05) is 5.43 Å². The molecule has 0 unspecified atom stereocenters. The number of hydrogen-bond donors (Lipinski definition) is 2. The van der Waals surface area contributed by atoms with Gasteiger partial charge >= 0.3 is 0 Å². The Morgan fingerprint density at radius 1 is 1.38 bits per heavy atom. The standard InChI is InChI=1S/C13H14ClN5S2/c14-10-3-1-9(2-4-10)7-21-13-17-15-8-19(13)18-12(20)16-11-5-6-11/h1-4,8,11H,5-7H2,(H2,16,18,20). The number of nitrogens with zero attached hydrogens (tertiary/aromatic N) is 3. The molecule has 21 heavy (non-hydrogen) atoms. The molecule has 8 heteroatoms. The number of nitrogens with one attached hydrogen (secondary N) is 2. The highest BCUT2D eigenvalue weighted by molar-refractivity contribution is 7.98. The molecule has 1 heterocycles. The SMILES string of the molecule is S=C(NC1CC1)Nn1cnnc1SCc1ccc(Cl)cc1. The molecule has 0 bridgehead atoms. The lowest BCUT2D eigenvalue weighted by molar-refractivity contribution is 0.810. The van der Waals surface area contributed by atoms with Crippen LogP contribution in [0.2, 0.25) is 5.02 Å². The average molecular weight is 340 g/mol. The fraction of sp³-hybridized carbons (Fsp3) is 0.308. The molecule has 3 rings (SSSR count). The molecule has 1 aromatic heterocycles. The largest absolute Gasteiger partial charge is 0.359 e. The molecule has 5 nitrogen and oxygen atoms in total. The van der Waals surface area contributed by atoms with Gasteiger partial charge in [-0.1, -0.05) is 35.5 Å². The second-order valence-electron chi connectivity index (χ2n) is 4.76. The van der Waals surface area contributed by atoms with Crippen LogP contribution in [0, 0.1) is 0 Å². The van der Waals surface area contributed by atoms with Crippen LogP contribution >= 0.6 is 35.6 Å². The molecule has 1 fully saturated rings. The van der Waals surface area contributed by atoms with Gasteiger partial charge in [-0.25, -0.2) is 4.68 Å². The maximum atomic E-state index is 5.88. The van der Waals surface area contributed by atoms with Crippen molar-refractivity contribution in [3.63, 3.8) is 0 Å². The van der Waals surface area contributed by atoms with E-state index in [-0.39, 0.29) is 0 Å². The summed E-state index contributed by atoms with van der Waals surface area (Å²) in [6, 6.07) is 8.29. The Morgan fingerprint density at radius 3 is 2.86 bits per heavy atom. The topological polar surface area (TPSA) is 54.8 Å². The molecule has 0 amide bonds. The molecule has 0 atom stereocenters. The van der Waals surface area contributed by atoms with E-state index in [1.165, 1.54) is 18.4 Å². The molecule has 1 aliphatic carbocycles. The first-order chi connectivity index (χ1) is 10.2. The van der Waals surface area contributed by atoms with Gasteiger partial charge in [0.15, 0.2) is 5.11 Å². The van der Waals surface area contributed by atoms with E-state index in [2.05, 4.69) is 20.9 Å². The zero-order valence-electron chi connectivity index (χ0n) is 11.1. The number of hydrogen-bond acceptors (Lipinski definition) is 4. The number of halogens is 1. The summed E-state index contributed by atoms with van der Waals surface area (Å²) >= 11 is 12.7. The second-order valence-corrected chi connectivity index (χ2v) is 6.55. The van der Waals surface area contributed by atoms with E-state index in [1.807, 2.05) is 24.3 Å². The minimum absolute atomic E-state index is 0.520. The van der Waals surface area contributed by atoms with Gasteiger partial charge in [0, 0.05) is 16.8 Å². The van der Waals surface area contributed by atoms with Gasteiger partial charge in [0.1, 0.15) is 6.33 Å². The van der Waals surface area contributed by atoms with Crippen LogP contribution in [0.3, 0.4) is 0 Å². The summed E-state index contributed by atoms with van der Waals surface area (Å²) in [5.41, 5.74) is 4.26. The van der Waals surface area contributed by atoms with Crippen LogP contribution in [0.1, 0.15) is 18.4 Å². The van der Waals surface area contributed by atoms with E-state index in [1.54, 1.807) is 22.8 Å². The summed E-state index contributed by atoms with van der Waals surface area (Å²) in [6.07, 6.45) is 3.98. The molecule has 0 spiro atoms. The van der Waals surface area contributed by atoms with Gasteiger partial charge in [-0.3, -0.25) is 5.43 Å². The third kappa shape index (κ3) is 4.33. The lowest BCUT2D eigenvalue weighted by atomic mass is 10.2. The van der Waals surface area contributed by atoms with E-state index in [9.17, 15) is 0 Å². The predicted molar refractivity (Wildman–Crippen MR) is 89.2 cm³/mol. The fourth-order valence-corrected chi connectivity index (χ4v) is 2.90. The molecule has 2 N–H and O–H groups in total. The Hall–Kier alpha value is -1.31. The minimum Gasteiger partial charge on any atom is -0.359 e. The number of rotatable bonds is 5. The molecule has 0 aliphatic heterocycles. The molecule has 0 saturated heterocycles. The van der Waals surface area contributed by atoms with E-state index >= 15 is 0 Å². The van der Waals surface area contributed by atoms with Gasteiger partial charge < -0.3 is 5.32 Å². The summed E-state index contributed by atoms with van der Waals surface area (Å²) < 4.78 is 1.73. The number of benzene rings is 1. The average Bonchev–Trinajstić information content (AvgIpc) is 3.17. The monoisotopic (exact) mass is 339 g/mol. The van der Waals surface area contributed by atoms with Crippen LogP contribution < -0.4 is 10.7 Å². The van der Waals surface area contributed by atoms with Gasteiger partial charge in [0.2, 0.25) is 5.16 Å². The summed E-state index contributed by atoms with van der Waals surface area (Å²) in [5, 5.41) is 13.3. The van der Waals surface area contributed by atoms with E-state index in [4.69, 9.17) is 23.8 Å². The number of thioether (sulfide) groups is 1. The quantitative estimate of drug-likeness (QED) is 0.645. The Kier molecular flexibility index (Phi) is 4.62. The van der Waals surface area contributed by atoms with Crippen molar-refractivity contribution in [2.24, 2.45) is 0 Å². The van der Waals surface area contributed by atoms with Gasteiger partial charge in [-0.05, 0) is 42.8 Å². The Morgan fingerprint density at radius 2 is 2.14 bits per heavy atom. The lowest BCUT2D eigenvalue weighted by Gasteiger charge is -2.11. The molecule has 1 saturated carbocycles. The van der Waals surface area contributed by atoms with Crippen molar-refractivity contribution in [3.05, 3.63) is 41.2 Å². The van der Waals surface area contributed by atoms with Crippen molar-refractivity contribution in [3.8, 4) is 0 Å². The zero-order valence-corrected chi connectivity index (χ0v) is 13.5. The van der Waals surface area contributed by atoms with Gasteiger partial charge in [0.25, 0.3) is 0 Å². The predicted octanol–water partition coefficient (Wildman–Crippen LogP) is 2.80. The lowest BCUT2D eigenvalue weighted by Crippen LogP contribution is -2.35. The van der Waals surface area contributed by atoms with Crippen LogP contribution in [0.25, 0.3) is 0 Å². The van der Waals surface area contributed by atoms with Crippen LogP contribution in [-0.2, 0) is 5.75 Å². The van der Waals surface area contributed by atoms with Crippen LogP contribution in [0.15, 0.2) is 35.7 Å². The molecular formula is C13H14ClN5S2. The van der Waals surface area contributed by atoms with Crippen LogP contribution in [0.5, 0.6) is 0 Å². The van der Waals surface area contributed by atoms with Crippen LogP contribution in [-0.4, -0.2) is 26.0 Å². The summed E-state index contributed by atoms with van der Waals surface area (Å²) in [4.78, 5) is 0. The number of aromatic nitrogens is 3. The second kappa shape index (κ2) is 6.64. The fourth-order valence-electron chi connectivity index (χ4n) is 1.68. The Bertz CT molecular complexity index is 624. The maximum absolute atomic E-state index is 5.88. The summed E-state index contributed by atoms with van der Waals surface area (Å²) in [6.45, 7) is 0. The normalized spacial score (nSPS) is 14.0. The Balaban J connectivity index is 1.56. The van der Waals surface area contributed by atoms with E-state index < -0.39 is 0 Å². The van der Waals surface area contributed by atoms with Crippen molar-refractivity contribution >= 4 is 40.7 Å². The van der Waals surface area contributed by atoms with Gasteiger partial charge in [-0.2, -0.15) is 0 Å². The number of thiocarbonyl (C=S) groups is 1. The summed E-state index contributed by atoms with van der Waals surface area (Å²) in [7, 11) is 0. The first-order valence-electron chi connectivity index (χ1n) is 6.55. The molecule has 0 radical (unpaired) electrons. The third-order valence-corrected chi connectivity index (χ3v) is 4.41. The highest BCUT2D eigenvalue weighted by Crippen LogP contribution is 2.21. The highest BCUT2D eigenvalue weighted by Gasteiger charge is 2.22. The third-order valence-electron chi connectivity index (χ3n) is 2.93. The van der Waals surface area contributed by atoms with Gasteiger partial charge in [-0.15, -0.1) is 10.2 Å². The van der Waals surface area contributed by atoms with Gasteiger partial charge in [0.05, 0.1) is 0 Å². The zero-order chi connectivity index (χ0) is 14.7. The van der Waals surface area contributed by atoms with Crippen LogP contribution in [0.4, 0.5) is 0 Å². The molecular weight excluding hydrogens is 326 g/mol. The van der Waals surface area contributed by atoms with Crippen molar-refractivity contribution in [1.29, 1.82) is 0 Å². The van der Waals surface area contributed by atoms with Crippen molar-refractivity contribution < 1.29 is 0 Å². The smallest absolute Gasteiger partial charge is 0.210 e. The summed E-state index contributed by atoms with van der Waals surface area (Å²) in [5.74, 6) is 0.792. The first-order valence-corrected chi connectivity index (χ1v) is 8.33. The first kappa shape index (κ1) is 14.6. The minimum atomic E-state index is 0.520.